The number of anilines is 1. The minimum atomic E-state index is 0.142. The number of nitrogen functional groups attached to an aromatic ring is 1. The molecule has 0 radical (unpaired) electrons. The fourth-order valence-corrected chi connectivity index (χ4v) is 3.55. The quantitative estimate of drug-likeness (QED) is 0.509. The van der Waals surface area contributed by atoms with Gasteiger partial charge in [-0.3, -0.25) is 5.41 Å². The van der Waals surface area contributed by atoms with Gasteiger partial charge in [0.05, 0.1) is 17.8 Å². The Kier molecular flexibility index (Phi) is 4.94. The van der Waals surface area contributed by atoms with Gasteiger partial charge in [0.25, 0.3) is 0 Å². The summed E-state index contributed by atoms with van der Waals surface area (Å²) in [7, 11) is 0. The molecule has 0 unspecified atom stereocenters. The Labute approximate surface area is 125 Å². The highest BCUT2D eigenvalue weighted by molar-refractivity contribution is 7.99. The lowest BCUT2D eigenvalue weighted by molar-refractivity contribution is -0.00523. The first-order chi connectivity index (χ1) is 9.52. The van der Waals surface area contributed by atoms with E-state index in [9.17, 15) is 0 Å². The molecule has 110 valence electrons. The molecule has 0 aromatic heterocycles. The van der Waals surface area contributed by atoms with Crippen molar-refractivity contribution in [3.8, 4) is 0 Å². The summed E-state index contributed by atoms with van der Waals surface area (Å²) < 4.78 is 5.78. The van der Waals surface area contributed by atoms with Gasteiger partial charge in [-0.1, -0.05) is 13.0 Å². The van der Waals surface area contributed by atoms with E-state index >= 15 is 0 Å². The predicted octanol–water partition coefficient (Wildman–Crippen LogP) is 2.70. The molecule has 1 saturated heterocycles. The second-order valence-electron chi connectivity index (χ2n) is 5.16. The third-order valence-corrected chi connectivity index (χ3v) is 4.27. The molecule has 1 aliphatic heterocycles. The zero-order valence-electron chi connectivity index (χ0n) is 12.3. The molecule has 2 rings (SSSR count). The van der Waals surface area contributed by atoms with Crippen LogP contribution >= 0.6 is 11.8 Å². The van der Waals surface area contributed by atoms with E-state index in [1.165, 1.54) is 0 Å². The lowest BCUT2D eigenvalue weighted by Gasteiger charge is -2.38. The minimum Gasteiger partial charge on any atom is -0.384 e. The third-order valence-electron chi connectivity index (χ3n) is 3.33. The van der Waals surface area contributed by atoms with Crippen LogP contribution in [0.4, 0.5) is 5.69 Å². The molecule has 5 heteroatoms. The van der Waals surface area contributed by atoms with E-state index in [0.717, 1.165) is 35.0 Å². The summed E-state index contributed by atoms with van der Waals surface area (Å²) in [5.41, 5.74) is 7.75. The van der Waals surface area contributed by atoms with E-state index in [0.29, 0.717) is 0 Å². The number of ether oxygens (including phenoxy) is 1. The number of nitrogens with one attached hydrogen (secondary N) is 1. The Morgan fingerprint density at radius 2 is 2.05 bits per heavy atom. The summed E-state index contributed by atoms with van der Waals surface area (Å²) in [5, 5.41) is 7.92. The summed E-state index contributed by atoms with van der Waals surface area (Å²) in [6.07, 6.45) is 0.391. The molecule has 1 aromatic carbocycles. The van der Waals surface area contributed by atoms with Crippen LogP contribution in [0.25, 0.3) is 0 Å². The van der Waals surface area contributed by atoms with Gasteiger partial charge in [0.1, 0.15) is 5.84 Å². The number of benzene rings is 1. The molecular formula is C15H23N3OS. The van der Waals surface area contributed by atoms with E-state index in [2.05, 4.69) is 31.7 Å². The van der Waals surface area contributed by atoms with Crippen molar-refractivity contribution in [3.05, 3.63) is 23.8 Å². The smallest absolute Gasteiger partial charge is 0.126 e. The summed E-state index contributed by atoms with van der Waals surface area (Å²) in [6.45, 7) is 7.96. The molecule has 0 saturated carbocycles. The Hall–Kier alpha value is -1.20. The number of morpholine rings is 1. The zero-order valence-corrected chi connectivity index (χ0v) is 13.2. The van der Waals surface area contributed by atoms with Crippen LogP contribution < -0.4 is 10.6 Å². The highest BCUT2D eigenvalue weighted by Gasteiger charge is 2.25. The normalized spacial score (nSPS) is 22.9. The Morgan fingerprint density at radius 1 is 1.40 bits per heavy atom. The zero-order chi connectivity index (χ0) is 14.7. The summed E-state index contributed by atoms with van der Waals surface area (Å²) >= 11 is 1.73. The number of nitrogens with two attached hydrogens (primary N) is 1. The van der Waals surface area contributed by atoms with Gasteiger partial charge < -0.3 is 15.4 Å². The molecule has 3 N–H and O–H groups in total. The third kappa shape index (κ3) is 3.27. The van der Waals surface area contributed by atoms with E-state index in [-0.39, 0.29) is 18.0 Å². The lowest BCUT2D eigenvalue weighted by atomic mass is 10.1. The number of nitrogens with zero attached hydrogens (tertiary/aromatic N) is 1. The number of rotatable bonds is 4. The van der Waals surface area contributed by atoms with Crippen molar-refractivity contribution in [1.82, 2.24) is 0 Å². The second-order valence-corrected chi connectivity index (χ2v) is 6.47. The summed E-state index contributed by atoms with van der Waals surface area (Å²) in [5.74, 6) is 1.11. The predicted molar refractivity (Wildman–Crippen MR) is 86.1 cm³/mol. The standard InChI is InChI=1S/C15H23N3OS/c1-4-20-13-7-5-6-12(14(13)15(16)17)18-8-10(2)19-11(3)9-18/h5-7,10-11H,4,8-9H2,1-3H3,(H3,16,17)/t10-,11+. The lowest BCUT2D eigenvalue weighted by Crippen LogP contribution is -2.46. The molecule has 1 aliphatic rings. The van der Waals surface area contributed by atoms with Gasteiger partial charge in [0.2, 0.25) is 0 Å². The highest BCUT2D eigenvalue weighted by atomic mass is 32.2. The van der Waals surface area contributed by atoms with Gasteiger partial charge in [0, 0.05) is 23.7 Å². The van der Waals surface area contributed by atoms with E-state index in [1.54, 1.807) is 11.8 Å². The molecule has 0 bridgehead atoms. The van der Waals surface area contributed by atoms with Crippen LogP contribution in [-0.2, 0) is 4.74 Å². The maximum absolute atomic E-state index is 7.92. The average molecular weight is 293 g/mol. The molecule has 1 heterocycles. The molecule has 1 aromatic rings. The fraction of sp³-hybridized carbons (Fsp3) is 0.533. The van der Waals surface area contributed by atoms with Crippen molar-refractivity contribution in [1.29, 1.82) is 5.41 Å². The van der Waals surface area contributed by atoms with Gasteiger partial charge in [-0.25, -0.2) is 0 Å². The Bertz CT molecular complexity index is 482. The molecule has 4 nitrogen and oxygen atoms in total. The Balaban J connectivity index is 2.39. The van der Waals surface area contributed by atoms with Gasteiger partial charge in [-0.2, -0.15) is 0 Å². The van der Waals surface area contributed by atoms with Crippen LogP contribution in [0.15, 0.2) is 23.1 Å². The van der Waals surface area contributed by atoms with Crippen LogP contribution in [-0.4, -0.2) is 36.9 Å². The first kappa shape index (κ1) is 15.2. The SMILES string of the molecule is CCSc1cccc(N2C[C@@H](C)O[C@@H](C)C2)c1C(=N)N. The highest BCUT2D eigenvalue weighted by Crippen LogP contribution is 2.32. The van der Waals surface area contributed by atoms with Crippen LogP contribution in [0.3, 0.4) is 0 Å². The van der Waals surface area contributed by atoms with Crippen LogP contribution in [0.1, 0.15) is 26.3 Å². The first-order valence-corrected chi connectivity index (χ1v) is 8.02. The number of hydrogen-bond acceptors (Lipinski definition) is 4. The molecule has 2 atom stereocenters. The summed E-state index contributed by atoms with van der Waals surface area (Å²) in [6, 6.07) is 6.15. The summed E-state index contributed by atoms with van der Waals surface area (Å²) in [4.78, 5) is 3.37. The number of hydrogen-bond donors (Lipinski definition) is 2. The molecule has 0 amide bonds. The number of thioether (sulfide) groups is 1. The van der Waals surface area contributed by atoms with Gasteiger partial charge in [-0.05, 0) is 31.7 Å². The van der Waals surface area contributed by atoms with E-state index in [4.69, 9.17) is 15.9 Å². The van der Waals surface area contributed by atoms with Crippen molar-refractivity contribution in [2.45, 2.75) is 37.9 Å². The van der Waals surface area contributed by atoms with Crippen molar-refractivity contribution < 1.29 is 4.74 Å². The minimum absolute atomic E-state index is 0.142. The first-order valence-electron chi connectivity index (χ1n) is 7.03. The number of amidine groups is 1. The maximum Gasteiger partial charge on any atom is 0.126 e. The van der Waals surface area contributed by atoms with Crippen LogP contribution in [0.2, 0.25) is 0 Å². The molecule has 1 fully saturated rings. The topological polar surface area (TPSA) is 62.3 Å². The van der Waals surface area contributed by atoms with E-state index in [1.807, 2.05) is 12.1 Å². The monoisotopic (exact) mass is 293 g/mol. The Morgan fingerprint density at radius 3 is 2.60 bits per heavy atom. The van der Waals surface area contributed by atoms with Gasteiger partial charge in [-0.15, -0.1) is 11.8 Å². The fourth-order valence-electron chi connectivity index (χ4n) is 2.70. The molecule has 0 spiro atoms. The van der Waals surface area contributed by atoms with Gasteiger partial charge >= 0.3 is 0 Å². The van der Waals surface area contributed by atoms with Crippen molar-refractivity contribution in [2.24, 2.45) is 5.73 Å². The second kappa shape index (κ2) is 6.50. The maximum atomic E-state index is 7.92. The van der Waals surface area contributed by atoms with Crippen molar-refractivity contribution in [2.75, 3.05) is 23.7 Å². The average Bonchev–Trinajstić information content (AvgIpc) is 2.37. The van der Waals surface area contributed by atoms with Crippen molar-refractivity contribution >= 4 is 23.3 Å². The van der Waals surface area contributed by atoms with Crippen LogP contribution in [0.5, 0.6) is 0 Å². The molecule has 0 aliphatic carbocycles. The van der Waals surface area contributed by atoms with E-state index < -0.39 is 0 Å². The largest absolute Gasteiger partial charge is 0.384 e. The van der Waals surface area contributed by atoms with Gasteiger partial charge in [0.15, 0.2) is 0 Å². The molecule has 20 heavy (non-hydrogen) atoms. The van der Waals surface area contributed by atoms with Crippen LogP contribution in [0, 0.1) is 5.41 Å². The molecular weight excluding hydrogens is 270 g/mol. The van der Waals surface area contributed by atoms with Crippen molar-refractivity contribution in [3.63, 3.8) is 0 Å².